The first-order chi connectivity index (χ1) is 2.27. The van der Waals surface area contributed by atoms with E-state index in [-0.39, 0.29) is 17.9 Å². The maximum atomic E-state index is 5.03. The second-order valence-corrected chi connectivity index (χ2v) is 1.72. The van der Waals surface area contributed by atoms with Crippen LogP contribution in [0.15, 0.2) is 0 Å². The van der Waals surface area contributed by atoms with Crippen LogP contribution in [0.2, 0.25) is 0 Å². The highest BCUT2D eigenvalue weighted by molar-refractivity contribution is 7.99. The normalized spacial score (nSPS) is 8.00. The number of rotatable bonds is 1. The van der Waals surface area contributed by atoms with Gasteiger partial charge in [0.2, 0.25) is 0 Å². The summed E-state index contributed by atoms with van der Waals surface area (Å²) in [6, 6.07) is 0. The van der Waals surface area contributed by atoms with E-state index in [1.54, 1.807) is 0 Å². The van der Waals surface area contributed by atoms with Gasteiger partial charge >= 0.3 is 0 Å². The van der Waals surface area contributed by atoms with E-state index in [1.807, 2.05) is 6.26 Å². The molecule has 0 saturated carbocycles. The van der Waals surface area contributed by atoms with Crippen molar-refractivity contribution >= 4 is 24.2 Å². The summed E-state index contributed by atoms with van der Waals surface area (Å²) >= 11 is 1.44. The molecule has 4 heteroatoms. The van der Waals surface area contributed by atoms with Crippen molar-refractivity contribution in [2.24, 2.45) is 11.5 Å². The Morgan fingerprint density at radius 3 is 1.67 bits per heavy atom. The van der Waals surface area contributed by atoms with E-state index in [4.69, 9.17) is 11.5 Å². The standard InChI is InChI=1S/C2H8N2S.ClH/c1-5-2(3)4;/h2H,3-4H2,1H3;1H. The monoisotopic (exact) mass is 128 g/mol. The Morgan fingerprint density at radius 2 is 1.67 bits per heavy atom. The summed E-state index contributed by atoms with van der Waals surface area (Å²) in [6.07, 6.45) is 1.87. The maximum Gasteiger partial charge on any atom is 0.100 e. The molecule has 0 aromatic heterocycles. The van der Waals surface area contributed by atoms with Gasteiger partial charge in [0.05, 0.1) is 0 Å². The quantitative estimate of drug-likeness (QED) is 0.488. The molecule has 0 aliphatic heterocycles. The first-order valence-corrected chi connectivity index (χ1v) is 2.60. The molecule has 2 nitrogen and oxygen atoms in total. The summed E-state index contributed by atoms with van der Waals surface area (Å²) < 4.78 is 0. The van der Waals surface area contributed by atoms with Gasteiger partial charge in [-0.15, -0.1) is 24.2 Å². The van der Waals surface area contributed by atoms with Gasteiger partial charge in [-0.2, -0.15) is 0 Å². The van der Waals surface area contributed by atoms with E-state index in [2.05, 4.69) is 0 Å². The number of nitrogens with two attached hydrogens (primary N) is 2. The Kier molecular flexibility index (Phi) is 9.04. The average Bonchev–Trinajstić information content (AvgIpc) is 1.38. The van der Waals surface area contributed by atoms with Crippen LogP contribution < -0.4 is 11.5 Å². The highest BCUT2D eigenvalue weighted by Gasteiger charge is 1.79. The molecular formula is C2H9ClN2S. The van der Waals surface area contributed by atoms with Gasteiger partial charge in [-0.1, -0.05) is 0 Å². The maximum absolute atomic E-state index is 5.03. The van der Waals surface area contributed by atoms with Gasteiger partial charge in [0.15, 0.2) is 0 Å². The van der Waals surface area contributed by atoms with Crippen molar-refractivity contribution < 1.29 is 0 Å². The Labute approximate surface area is 48.1 Å². The zero-order chi connectivity index (χ0) is 4.28. The van der Waals surface area contributed by atoms with Gasteiger partial charge in [0, 0.05) is 0 Å². The van der Waals surface area contributed by atoms with Gasteiger partial charge in [-0.3, -0.25) is 0 Å². The zero-order valence-electron chi connectivity index (χ0n) is 3.55. The van der Waals surface area contributed by atoms with Crippen molar-refractivity contribution in [2.75, 3.05) is 6.26 Å². The first-order valence-electron chi connectivity index (χ1n) is 1.31. The topological polar surface area (TPSA) is 52.0 Å². The van der Waals surface area contributed by atoms with Gasteiger partial charge in [0.1, 0.15) is 5.50 Å². The van der Waals surface area contributed by atoms with Crippen LogP contribution in [0.5, 0.6) is 0 Å². The summed E-state index contributed by atoms with van der Waals surface area (Å²) in [7, 11) is 0. The number of thioether (sulfide) groups is 1. The molecule has 0 atom stereocenters. The molecule has 4 N–H and O–H groups in total. The molecule has 0 rings (SSSR count). The van der Waals surface area contributed by atoms with Crippen molar-refractivity contribution in [1.82, 2.24) is 0 Å². The lowest BCUT2D eigenvalue weighted by Crippen LogP contribution is -2.25. The molecule has 0 aliphatic carbocycles. The molecule has 0 amide bonds. The third-order valence-electron chi connectivity index (χ3n) is 0.272. The van der Waals surface area contributed by atoms with Crippen molar-refractivity contribution in [3.8, 4) is 0 Å². The van der Waals surface area contributed by atoms with Crippen LogP contribution in [0.1, 0.15) is 0 Å². The van der Waals surface area contributed by atoms with Crippen LogP contribution in [0.25, 0.3) is 0 Å². The van der Waals surface area contributed by atoms with E-state index in [9.17, 15) is 0 Å². The van der Waals surface area contributed by atoms with Crippen LogP contribution in [0.3, 0.4) is 0 Å². The van der Waals surface area contributed by atoms with Crippen molar-refractivity contribution in [2.45, 2.75) is 5.50 Å². The number of hydrogen-bond acceptors (Lipinski definition) is 3. The second-order valence-electron chi connectivity index (χ2n) is 0.700. The molecule has 0 aromatic rings. The predicted octanol–water partition coefficient (Wildman–Crippen LogP) is -0.0278. The molecule has 0 bridgehead atoms. The summed E-state index contributed by atoms with van der Waals surface area (Å²) in [6.45, 7) is 0. The smallest absolute Gasteiger partial charge is 0.100 e. The molecule has 6 heavy (non-hydrogen) atoms. The van der Waals surface area contributed by atoms with Gasteiger partial charge < -0.3 is 11.5 Å². The van der Waals surface area contributed by atoms with Crippen molar-refractivity contribution in [3.63, 3.8) is 0 Å². The largest absolute Gasteiger partial charge is 0.308 e. The highest BCUT2D eigenvalue weighted by atomic mass is 35.5. The van der Waals surface area contributed by atoms with Gasteiger partial charge in [-0.05, 0) is 6.26 Å². The van der Waals surface area contributed by atoms with Crippen LogP contribution in [0.4, 0.5) is 0 Å². The summed E-state index contributed by atoms with van der Waals surface area (Å²) in [5.41, 5.74) is 9.87. The van der Waals surface area contributed by atoms with Crippen LogP contribution >= 0.6 is 24.2 Å². The van der Waals surface area contributed by atoms with Crippen LogP contribution in [-0.4, -0.2) is 11.8 Å². The lowest BCUT2D eigenvalue weighted by Gasteiger charge is -1.92. The minimum absolute atomic E-state index is 0. The molecular weight excluding hydrogens is 120 g/mol. The highest BCUT2D eigenvalue weighted by Crippen LogP contribution is 1.86. The molecule has 0 aromatic carbocycles. The van der Waals surface area contributed by atoms with E-state index >= 15 is 0 Å². The van der Waals surface area contributed by atoms with Crippen molar-refractivity contribution in [1.29, 1.82) is 0 Å². The van der Waals surface area contributed by atoms with Gasteiger partial charge in [0.25, 0.3) is 0 Å². The third-order valence-corrected chi connectivity index (χ3v) is 0.816. The Balaban J connectivity index is 0. The Hall–Kier alpha value is 0.560. The Morgan fingerprint density at radius 1 is 1.50 bits per heavy atom. The molecule has 0 spiro atoms. The molecule has 0 radical (unpaired) electrons. The summed E-state index contributed by atoms with van der Waals surface area (Å²) in [4.78, 5) is 0. The SMILES string of the molecule is CSC(N)N.Cl. The molecule has 0 aliphatic rings. The first kappa shape index (κ1) is 9.75. The van der Waals surface area contributed by atoms with Gasteiger partial charge in [-0.25, -0.2) is 0 Å². The van der Waals surface area contributed by atoms with E-state index < -0.39 is 0 Å². The van der Waals surface area contributed by atoms with Crippen molar-refractivity contribution in [3.05, 3.63) is 0 Å². The van der Waals surface area contributed by atoms with Crippen LogP contribution in [0, 0.1) is 0 Å². The van der Waals surface area contributed by atoms with E-state index in [0.29, 0.717) is 0 Å². The predicted molar refractivity (Wildman–Crippen MR) is 32.9 cm³/mol. The minimum Gasteiger partial charge on any atom is -0.308 e. The number of halogens is 1. The second kappa shape index (κ2) is 5.56. The average molecular weight is 129 g/mol. The summed E-state index contributed by atoms with van der Waals surface area (Å²) in [5, 5.41) is 0. The molecule has 40 valence electrons. The fourth-order valence-electron chi connectivity index (χ4n) is 0. The number of hydrogen-bond donors (Lipinski definition) is 2. The lowest BCUT2D eigenvalue weighted by molar-refractivity contribution is 0.992. The van der Waals surface area contributed by atoms with E-state index in [1.165, 1.54) is 11.8 Å². The minimum atomic E-state index is -0.199. The lowest BCUT2D eigenvalue weighted by atomic mass is 11.2. The van der Waals surface area contributed by atoms with E-state index in [0.717, 1.165) is 0 Å². The Bertz CT molecular complexity index is 25.5. The molecule has 0 unspecified atom stereocenters. The zero-order valence-corrected chi connectivity index (χ0v) is 5.18. The molecule has 0 saturated heterocycles. The fraction of sp³-hybridized carbons (Fsp3) is 1.00. The molecule has 0 heterocycles. The fourth-order valence-corrected chi connectivity index (χ4v) is 0. The van der Waals surface area contributed by atoms with Crippen LogP contribution in [-0.2, 0) is 0 Å². The summed E-state index contributed by atoms with van der Waals surface area (Å²) in [5.74, 6) is 0. The molecule has 0 fully saturated rings. The third kappa shape index (κ3) is 8.82.